The van der Waals surface area contributed by atoms with E-state index in [1.807, 2.05) is 44.4 Å². The van der Waals surface area contributed by atoms with Gasteiger partial charge in [-0.2, -0.15) is 5.10 Å². The molecule has 0 aliphatic rings. The Balaban J connectivity index is 2.17. The summed E-state index contributed by atoms with van der Waals surface area (Å²) in [5.74, 6) is -0.222. The van der Waals surface area contributed by atoms with E-state index >= 15 is 0 Å². The first-order valence-electron chi connectivity index (χ1n) is 7.39. The number of fused-ring (bicyclic) bond motifs is 1. The van der Waals surface area contributed by atoms with E-state index in [4.69, 9.17) is 5.11 Å². The van der Waals surface area contributed by atoms with Crippen LogP contribution in [0.1, 0.15) is 16.1 Å². The van der Waals surface area contributed by atoms with Crippen LogP contribution < -0.4 is 5.32 Å². The quantitative estimate of drug-likeness (QED) is 0.768. The second-order valence-corrected chi connectivity index (χ2v) is 5.35. The third kappa shape index (κ3) is 2.93. The molecule has 0 bridgehead atoms. The van der Waals surface area contributed by atoms with Crippen molar-refractivity contribution in [2.45, 2.75) is 6.92 Å². The van der Waals surface area contributed by atoms with Crippen molar-refractivity contribution in [3.63, 3.8) is 0 Å². The molecule has 0 radical (unpaired) electrons. The maximum atomic E-state index is 12.4. The van der Waals surface area contributed by atoms with E-state index in [-0.39, 0.29) is 19.1 Å². The number of aromatic nitrogens is 3. The van der Waals surface area contributed by atoms with Crippen molar-refractivity contribution in [3.05, 3.63) is 47.8 Å². The Morgan fingerprint density at radius 3 is 2.83 bits per heavy atom. The molecular weight excluding hydrogens is 292 g/mol. The van der Waals surface area contributed by atoms with Gasteiger partial charge >= 0.3 is 0 Å². The van der Waals surface area contributed by atoms with Crippen molar-refractivity contribution < 1.29 is 9.90 Å². The Kier molecular flexibility index (Phi) is 4.08. The number of benzene rings is 1. The van der Waals surface area contributed by atoms with Crippen LogP contribution in [0.25, 0.3) is 22.2 Å². The summed E-state index contributed by atoms with van der Waals surface area (Å²) in [6.45, 7) is 2.04. The topological polar surface area (TPSA) is 80.0 Å². The lowest BCUT2D eigenvalue weighted by Crippen LogP contribution is -2.26. The number of hydrogen-bond donors (Lipinski definition) is 2. The van der Waals surface area contributed by atoms with Crippen molar-refractivity contribution in [3.8, 4) is 11.3 Å². The summed E-state index contributed by atoms with van der Waals surface area (Å²) in [6, 6.07) is 9.30. The highest BCUT2D eigenvalue weighted by Crippen LogP contribution is 2.26. The molecule has 6 nitrogen and oxygen atoms in total. The molecule has 0 atom stereocenters. The fourth-order valence-electron chi connectivity index (χ4n) is 2.62. The number of carbonyl (C=O) groups is 1. The zero-order valence-electron chi connectivity index (χ0n) is 13.1. The predicted octanol–water partition coefficient (Wildman–Crippen LogP) is 1.67. The Morgan fingerprint density at radius 1 is 1.35 bits per heavy atom. The fourth-order valence-corrected chi connectivity index (χ4v) is 2.62. The van der Waals surface area contributed by atoms with Crippen molar-refractivity contribution in [2.75, 3.05) is 13.2 Å². The molecule has 0 aliphatic heterocycles. The number of aliphatic hydroxyl groups excluding tert-OH is 1. The highest BCUT2D eigenvalue weighted by Gasteiger charge is 2.15. The van der Waals surface area contributed by atoms with Gasteiger partial charge in [-0.15, -0.1) is 0 Å². The Morgan fingerprint density at radius 2 is 2.13 bits per heavy atom. The molecule has 0 saturated carbocycles. The van der Waals surface area contributed by atoms with E-state index in [0.717, 1.165) is 22.2 Å². The largest absolute Gasteiger partial charge is 0.395 e. The molecule has 118 valence electrons. The smallest absolute Gasteiger partial charge is 0.252 e. The van der Waals surface area contributed by atoms with Crippen molar-refractivity contribution >= 4 is 16.8 Å². The van der Waals surface area contributed by atoms with Gasteiger partial charge in [-0.3, -0.25) is 9.48 Å². The molecule has 0 aliphatic carbocycles. The number of para-hydroxylation sites is 1. The summed E-state index contributed by atoms with van der Waals surface area (Å²) >= 11 is 0. The van der Waals surface area contributed by atoms with Gasteiger partial charge in [0.2, 0.25) is 0 Å². The summed E-state index contributed by atoms with van der Waals surface area (Å²) in [5, 5.41) is 16.7. The van der Waals surface area contributed by atoms with Crippen LogP contribution in [0, 0.1) is 6.92 Å². The van der Waals surface area contributed by atoms with Gasteiger partial charge in [0.1, 0.15) is 0 Å². The number of aliphatic hydroxyl groups is 1. The normalized spacial score (nSPS) is 10.9. The number of nitrogens with zero attached hydrogens (tertiary/aromatic N) is 3. The van der Waals surface area contributed by atoms with Gasteiger partial charge in [-0.25, -0.2) is 4.98 Å². The van der Waals surface area contributed by atoms with Crippen molar-refractivity contribution in [1.82, 2.24) is 20.1 Å². The van der Waals surface area contributed by atoms with E-state index in [0.29, 0.717) is 11.3 Å². The summed E-state index contributed by atoms with van der Waals surface area (Å²) in [5.41, 5.74) is 3.76. The van der Waals surface area contributed by atoms with Crippen LogP contribution in [0.4, 0.5) is 0 Å². The van der Waals surface area contributed by atoms with E-state index in [2.05, 4.69) is 15.4 Å². The second-order valence-electron chi connectivity index (χ2n) is 5.35. The zero-order chi connectivity index (χ0) is 16.4. The van der Waals surface area contributed by atoms with Gasteiger partial charge in [0.05, 0.1) is 29.1 Å². The third-order valence-electron chi connectivity index (χ3n) is 3.65. The number of amides is 1. The summed E-state index contributed by atoms with van der Waals surface area (Å²) in [4.78, 5) is 17.1. The van der Waals surface area contributed by atoms with Gasteiger partial charge in [0.25, 0.3) is 5.91 Å². The van der Waals surface area contributed by atoms with Gasteiger partial charge in [-0.05, 0) is 19.1 Å². The number of pyridine rings is 1. The fraction of sp³-hybridized carbons (Fsp3) is 0.235. The van der Waals surface area contributed by atoms with Crippen LogP contribution in [0.5, 0.6) is 0 Å². The van der Waals surface area contributed by atoms with E-state index in [9.17, 15) is 4.79 Å². The highest BCUT2D eigenvalue weighted by molar-refractivity contribution is 6.07. The van der Waals surface area contributed by atoms with E-state index in [1.165, 1.54) is 0 Å². The molecule has 2 aromatic heterocycles. The maximum Gasteiger partial charge on any atom is 0.252 e. The second kappa shape index (κ2) is 6.18. The lowest BCUT2D eigenvalue weighted by molar-refractivity contribution is 0.0946. The summed E-state index contributed by atoms with van der Waals surface area (Å²) < 4.78 is 1.73. The number of nitrogens with one attached hydrogen (secondary N) is 1. The van der Waals surface area contributed by atoms with Gasteiger partial charge in [0, 0.05) is 30.7 Å². The maximum absolute atomic E-state index is 12.4. The molecular formula is C17H18N4O2. The molecule has 0 saturated heterocycles. The van der Waals surface area contributed by atoms with E-state index < -0.39 is 0 Å². The molecule has 3 aromatic rings. The predicted molar refractivity (Wildman–Crippen MR) is 88.1 cm³/mol. The van der Waals surface area contributed by atoms with Crippen molar-refractivity contribution in [1.29, 1.82) is 0 Å². The molecule has 1 aromatic carbocycles. The first-order chi connectivity index (χ1) is 11.1. The SMILES string of the molecule is Cc1nn(C)cc1-c1cc(C(=O)NCCO)c2ccccc2n1. The summed E-state index contributed by atoms with van der Waals surface area (Å²) in [7, 11) is 1.85. The Hall–Kier alpha value is -2.73. The van der Waals surface area contributed by atoms with Crippen molar-refractivity contribution in [2.24, 2.45) is 7.05 Å². The van der Waals surface area contributed by atoms with Crippen LogP contribution in [-0.2, 0) is 7.05 Å². The molecule has 0 spiro atoms. The Labute approximate surface area is 133 Å². The molecule has 0 unspecified atom stereocenters. The molecule has 2 heterocycles. The highest BCUT2D eigenvalue weighted by atomic mass is 16.3. The van der Waals surface area contributed by atoms with E-state index in [1.54, 1.807) is 10.7 Å². The minimum absolute atomic E-state index is 0.0939. The average molecular weight is 310 g/mol. The first kappa shape index (κ1) is 15.2. The van der Waals surface area contributed by atoms with Crippen LogP contribution in [0.15, 0.2) is 36.5 Å². The number of rotatable bonds is 4. The molecule has 23 heavy (non-hydrogen) atoms. The minimum atomic E-state index is -0.222. The third-order valence-corrected chi connectivity index (χ3v) is 3.65. The lowest BCUT2D eigenvalue weighted by atomic mass is 10.0. The van der Waals surface area contributed by atoms with Gasteiger partial charge < -0.3 is 10.4 Å². The number of hydrogen-bond acceptors (Lipinski definition) is 4. The molecule has 2 N–H and O–H groups in total. The molecule has 1 amide bonds. The minimum Gasteiger partial charge on any atom is -0.395 e. The van der Waals surface area contributed by atoms with Crippen LogP contribution in [0.3, 0.4) is 0 Å². The van der Waals surface area contributed by atoms with Crippen LogP contribution in [0.2, 0.25) is 0 Å². The zero-order valence-corrected chi connectivity index (χ0v) is 13.1. The average Bonchev–Trinajstić information content (AvgIpc) is 2.90. The van der Waals surface area contributed by atoms with Gasteiger partial charge in [0.15, 0.2) is 0 Å². The van der Waals surface area contributed by atoms with Crippen LogP contribution >= 0.6 is 0 Å². The number of aryl methyl sites for hydroxylation is 2. The molecule has 3 rings (SSSR count). The van der Waals surface area contributed by atoms with Gasteiger partial charge in [-0.1, -0.05) is 18.2 Å². The summed E-state index contributed by atoms with van der Waals surface area (Å²) in [6.07, 6.45) is 1.89. The molecule has 0 fully saturated rings. The monoisotopic (exact) mass is 310 g/mol. The number of carbonyl (C=O) groups excluding carboxylic acids is 1. The first-order valence-corrected chi connectivity index (χ1v) is 7.39. The van der Waals surface area contributed by atoms with Crippen LogP contribution in [-0.4, -0.2) is 38.9 Å². The lowest BCUT2D eigenvalue weighted by Gasteiger charge is -2.09. The Bertz CT molecular complexity index is 870. The standard InChI is InChI=1S/C17H18N4O2/c1-11-14(10-21(2)20-11)16-9-13(17(23)18-7-8-22)12-5-3-4-6-15(12)19-16/h3-6,9-10,22H,7-8H2,1-2H3,(H,18,23). The molecule has 6 heteroatoms.